The summed E-state index contributed by atoms with van der Waals surface area (Å²) in [5.41, 5.74) is 3.68. The summed E-state index contributed by atoms with van der Waals surface area (Å²) in [5.74, 6) is 1.33. The topological polar surface area (TPSA) is 65.1 Å². The Kier molecular flexibility index (Phi) is 8.43. The second-order valence-electron chi connectivity index (χ2n) is 6.24. The van der Waals surface area contributed by atoms with Crippen LogP contribution in [0, 0.1) is 12.7 Å². The Morgan fingerprint density at radius 2 is 1.93 bits per heavy atom. The first kappa shape index (κ1) is 21.9. The first-order valence-electron chi connectivity index (χ1n) is 9.02. The first-order valence-corrected chi connectivity index (χ1v) is 9.02. The van der Waals surface area contributed by atoms with Crippen LogP contribution in [-0.4, -0.2) is 22.5 Å². The van der Waals surface area contributed by atoms with Crippen molar-refractivity contribution in [2.75, 3.05) is 6.54 Å². The van der Waals surface area contributed by atoms with Gasteiger partial charge in [0.05, 0.1) is 25.0 Å². The lowest BCUT2D eigenvalue weighted by atomic mass is 10.1. The molecule has 0 bridgehead atoms. The Hall–Kier alpha value is -2.42. The third-order valence-electron chi connectivity index (χ3n) is 4.12. The molecule has 3 N–H and O–H groups in total. The average molecular weight is 493 g/mol. The van der Waals surface area contributed by atoms with Crippen LogP contribution in [0.1, 0.15) is 23.9 Å². The highest BCUT2D eigenvalue weighted by Crippen LogP contribution is 2.16. The first-order chi connectivity index (χ1) is 13.2. The van der Waals surface area contributed by atoms with Gasteiger partial charge in [-0.2, -0.15) is 0 Å². The van der Waals surface area contributed by atoms with Gasteiger partial charge < -0.3 is 15.6 Å². The number of hydrogen-bond donors (Lipinski definition) is 3. The van der Waals surface area contributed by atoms with Crippen molar-refractivity contribution >= 4 is 29.9 Å². The molecular weight excluding hydrogens is 468 g/mol. The molecule has 7 heteroatoms. The van der Waals surface area contributed by atoms with Crippen LogP contribution >= 0.6 is 24.0 Å². The van der Waals surface area contributed by atoms with E-state index in [1.165, 1.54) is 6.07 Å². The van der Waals surface area contributed by atoms with Gasteiger partial charge in [-0.1, -0.05) is 42.5 Å². The van der Waals surface area contributed by atoms with Gasteiger partial charge in [0, 0.05) is 6.54 Å². The SMILES string of the molecule is CCNC(=NCc1ccc(F)c(C)c1)NCc1ncc(-c2ccccc2)[nH]1.I. The number of benzene rings is 2. The zero-order chi connectivity index (χ0) is 19.1. The standard InChI is InChI=1S/C21H24FN5.HI/c1-3-23-21(25-12-16-9-10-18(22)15(2)11-16)26-14-20-24-13-19(27-20)17-7-5-4-6-8-17;/h4-11,13H,3,12,14H2,1-2H3,(H,24,27)(H2,23,25,26);1H. The number of aromatic amines is 1. The Morgan fingerprint density at radius 3 is 2.64 bits per heavy atom. The molecule has 0 amide bonds. The minimum Gasteiger partial charge on any atom is -0.357 e. The lowest BCUT2D eigenvalue weighted by molar-refractivity contribution is 0.617. The number of H-pyrrole nitrogens is 1. The van der Waals surface area contributed by atoms with Gasteiger partial charge in [0.2, 0.25) is 0 Å². The molecule has 0 spiro atoms. The van der Waals surface area contributed by atoms with Crippen molar-refractivity contribution in [3.05, 3.63) is 77.5 Å². The molecule has 3 aromatic rings. The van der Waals surface area contributed by atoms with Crippen LogP contribution in [0.25, 0.3) is 11.3 Å². The van der Waals surface area contributed by atoms with Gasteiger partial charge in [-0.25, -0.2) is 14.4 Å². The van der Waals surface area contributed by atoms with Crippen LogP contribution in [0.5, 0.6) is 0 Å². The van der Waals surface area contributed by atoms with Crippen molar-refractivity contribution < 1.29 is 4.39 Å². The number of imidazole rings is 1. The summed E-state index contributed by atoms with van der Waals surface area (Å²) in [6, 6.07) is 15.1. The lowest BCUT2D eigenvalue weighted by Gasteiger charge is -2.10. The number of aliphatic imine (C=N–C) groups is 1. The maximum absolute atomic E-state index is 13.4. The molecule has 0 atom stereocenters. The zero-order valence-corrected chi connectivity index (χ0v) is 18.3. The molecule has 0 fully saturated rings. The van der Waals surface area contributed by atoms with E-state index in [-0.39, 0.29) is 29.8 Å². The van der Waals surface area contributed by atoms with E-state index in [0.29, 0.717) is 24.6 Å². The largest absolute Gasteiger partial charge is 0.357 e. The minimum atomic E-state index is -0.195. The van der Waals surface area contributed by atoms with Gasteiger partial charge >= 0.3 is 0 Å². The number of guanidine groups is 1. The van der Waals surface area contributed by atoms with Crippen molar-refractivity contribution in [2.45, 2.75) is 26.9 Å². The molecule has 0 aliphatic carbocycles. The van der Waals surface area contributed by atoms with Crippen molar-refractivity contribution in [1.82, 2.24) is 20.6 Å². The van der Waals surface area contributed by atoms with Gasteiger partial charge in [-0.05, 0) is 36.6 Å². The monoisotopic (exact) mass is 493 g/mol. The van der Waals surface area contributed by atoms with E-state index in [0.717, 1.165) is 29.2 Å². The number of nitrogens with zero attached hydrogens (tertiary/aromatic N) is 2. The van der Waals surface area contributed by atoms with Crippen LogP contribution in [0.4, 0.5) is 4.39 Å². The molecular formula is C21H25FIN5. The summed E-state index contributed by atoms with van der Waals surface area (Å²) in [4.78, 5) is 12.3. The quantitative estimate of drug-likeness (QED) is 0.271. The van der Waals surface area contributed by atoms with Crippen molar-refractivity contribution in [3.8, 4) is 11.3 Å². The number of aromatic nitrogens is 2. The molecule has 28 heavy (non-hydrogen) atoms. The highest BCUT2D eigenvalue weighted by molar-refractivity contribution is 14.0. The van der Waals surface area contributed by atoms with Crippen molar-refractivity contribution in [2.24, 2.45) is 4.99 Å². The predicted molar refractivity (Wildman–Crippen MR) is 122 cm³/mol. The molecule has 0 saturated carbocycles. The van der Waals surface area contributed by atoms with Crippen LogP contribution < -0.4 is 10.6 Å². The van der Waals surface area contributed by atoms with E-state index in [1.807, 2.05) is 49.5 Å². The number of halogens is 2. The minimum absolute atomic E-state index is 0. The van der Waals surface area contributed by atoms with E-state index in [9.17, 15) is 4.39 Å². The van der Waals surface area contributed by atoms with E-state index >= 15 is 0 Å². The molecule has 1 aromatic heterocycles. The zero-order valence-electron chi connectivity index (χ0n) is 16.0. The molecule has 5 nitrogen and oxygen atoms in total. The molecule has 148 valence electrons. The number of rotatable bonds is 6. The molecule has 0 radical (unpaired) electrons. The molecule has 0 saturated heterocycles. The van der Waals surface area contributed by atoms with Crippen LogP contribution in [0.2, 0.25) is 0 Å². The maximum Gasteiger partial charge on any atom is 0.191 e. The van der Waals surface area contributed by atoms with Crippen molar-refractivity contribution in [3.63, 3.8) is 0 Å². The van der Waals surface area contributed by atoms with E-state index in [2.05, 4.69) is 25.6 Å². The molecule has 3 rings (SSSR count). The Labute approximate surface area is 181 Å². The lowest BCUT2D eigenvalue weighted by Crippen LogP contribution is -2.37. The van der Waals surface area contributed by atoms with Gasteiger partial charge in [-0.15, -0.1) is 24.0 Å². The molecule has 2 aromatic carbocycles. The molecule has 0 aliphatic heterocycles. The van der Waals surface area contributed by atoms with Gasteiger partial charge in [0.25, 0.3) is 0 Å². The fraction of sp³-hybridized carbons (Fsp3) is 0.238. The Balaban J connectivity index is 0.00000280. The van der Waals surface area contributed by atoms with Crippen molar-refractivity contribution in [1.29, 1.82) is 0 Å². The molecule has 1 heterocycles. The molecule has 0 aliphatic rings. The van der Waals surface area contributed by atoms with Crippen LogP contribution in [0.15, 0.2) is 59.7 Å². The summed E-state index contributed by atoms with van der Waals surface area (Å²) >= 11 is 0. The van der Waals surface area contributed by atoms with Crippen LogP contribution in [-0.2, 0) is 13.1 Å². The number of nitrogens with one attached hydrogen (secondary N) is 3. The second kappa shape index (κ2) is 10.8. The fourth-order valence-corrected chi connectivity index (χ4v) is 2.70. The fourth-order valence-electron chi connectivity index (χ4n) is 2.70. The highest BCUT2D eigenvalue weighted by Gasteiger charge is 2.05. The second-order valence-corrected chi connectivity index (χ2v) is 6.24. The molecule has 0 unspecified atom stereocenters. The summed E-state index contributed by atoms with van der Waals surface area (Å²) in [5, 5.41) is 6.48. The summed E-state index contributed by atoms with van der Waals surface area (Å²) < 4.78 is 13.4. The van der Waals surface area contributed by atoms with Gasteiger partial charge in [-0.3, -0.25) is 0 Å². The Morgan fingerprint density at radius 1 is 1.14 bits per heavy atom. The summed E-state index contributed by atoms with van der Waals surface area (Å²) in [6.07, 6.45) is 1.83. The maximum atomic E-state index is 13.4. The van der Waals surface area contributed by atoms with E-state index in [4.69, 9.17) is 0 Å². The summed E-state index contributed by atoms with van der Waals surface area (Å²) in [7, 11) is 0. The smallest absolute Gasteiger partial charge is 0.191 e. The predicted octanol–water partition coefficient (Wildman–Crippen LogP) is 4.40. The third-order valence-corrected chi connectivity index (χ3v) is 4.12. The number of hydrogen-bond acceptors (Lipinski definition) is 2. The van der Waals surface area contributed by atoms with Gasteiger partial charge in [0.15, 0.2) is 5.96 Å². The van der Waals surface area contributed by atoms with E-state index in [1.54, 1.807) is 13.0 Å². The summed E-state index contributed by atoms with van der Waals surface area (Å²) in [6.45, 7) is 5.53. The average Bonchev–Trinajstić information content (AvgIpc) is 3.16. The Bertz CT molecular complexity index is 908. The number of aryl methyl sites for hydroxylation is 1. The normalized spacial score (nSPS) is 11.0. The highest BCUT2D eigenvalue weighted by atomic mass is 127. The van der Waals surface area contributed by atoms with Crippen LogP contribution in [0.3, 0.4) is 0 Å². The van der Waals surface area contributed by atoms with Gasteiger partial charge in [0.1, 0.15) is 11.6 Å². The third kappa shape index (κ3) is 6.05. The van der Waals surface area contributed by atoms with E-state index < -0.39 is 0 Å².